The fourth-order valence-electron chi connectivity index (χ4n) is 4.04. The number of phenols is 1. The Morgan fingerprint density at radius 2 is 1.73 bits per heavy atom. The van der Waals surface area contributed by atoms with Crippen LogP contribution in [0.3, 0.4) is 0 Å². The minimum Gasteiger partial charge on any atom is -0.507 e. The number of ether oxygens (including phenoxy) is 3. The van der Waals surface area contributed by atoms with Crippen molar-refractivity contribution >= 4 is 23.0 Å². The molecule has 10 heteroatoms. The van der Waals surface area contributed by atoms with Crippen LogP contribution >= 0.6 is 0 Å². The van der Waals surface area contributed by atoms with Gasteiger partial charge in [-0.15, -0.1) is 0 Å². The fourth-order valence-corrected chi connectivity index (χ4v) is 4.04. The molecule has 1 aromatic heterocycles. The van der Waals surface area contributed by atoms with Gasteiger partial charge in [0.05, 0.1) is 29.7 Å². The molecule has 0 radical (unpaired) electrons. The number of esters is 1. The van der Waals surface area contributed by atoms with E-state index >= 15 is 0 Å². The maximum absolute atomic E-state index is 13.1. The zero-order chi connectivity index (χ0) is 26.4. The summed E-state index contributed by atoms with van der Waals surface area (Å²) in [5, 5.41) is 10.8. The molecule has 0 bridgehead atoms. The van der Waals surface area contributed by atoms with Crippen LogP contribution in [0.15, 0.2) is 51.9 Å². The Morgan fingerprint density at radius 1 is 1.00 bits per heavy atom. The lowest BCUT2D eigenvalue weighted by molar-refractivity contribution is 0.0505. The average Bonchev–Trinajstić information content (AvgIpc) is 2.91. The Hall–Kier alpha value is -4.05. The average molecular weight is 511 g/mol. The van der Waals surface area contributed by atoms with Gasteiger partial charge in [-0.1, -0.05) is 6.92 Å². The molecule has 1 fully saturated rings. The number of hydrogen-bond donors (Lipinski definition) is 1. The summed E-state index contributed by atoms with van der Waals surface area (Å²) >= 11 is 0. The zero-order valence-electron chi connectivity index (χ0n) is 20.9. The molecule has 0 saturated carbocycles. The van der Waals surface area contributed by atoms with Crippen molar-refractivity contribution in [2.45, 2.75) is 26.8 Å². The highest BCUT2D eigenvalue weighted by atomic mass is 16.6. The highest BCUT2D eigenvalue weighted by Gasteiger charge is 2.24. The Bertz CT molecular complexity index is 1310. The molecule has 3 aromatic rings. The molecule has 2 heterocycles. The van der Waals surface area contributed by atoms with Crippen LogP contribution in [-0.4, -0.2) is 66.4 Å². The number of carbonyl (C=O) groups is 2. The molecule has 37 heavy (non-hydrogen) atoms. The Balaban J connectivity index is 1.49. The number of rotatable bonds is 8. The van der Waals surface area contributed by atoms with Gasteiger partial charge in [0, 0.05) is 32.7 Å². The van der Waals surface area contributed by atoms with Crippen LogP contribution in [0.1, 0.15) is 36.2 Å². The lowest BCUT2D eigenvalue weighted by atomic mass is 10.1. The summed E-state index contributed by atoms with van der Waals surface area (Å²) in [6.07, 6.45) is 1.62. The number of amides is 1. The van der Waals surface area contributed by atoms with Crippen molar-refractivity contribution in [2.24, 2.45) is 0 Å². The summed E-state index contributed by atoms with van der Waals surface area (Å²) in [5.74, 6) is -0.0679. The van der Waals surface area contributed by atoms with E-state index < -0.39 is 5.97 Å². The Labute approximate surface area is 213 Å². The maximum atomic E-state index is 13.1. The van der Waals surface area contributed by atoms with Gasteiger partial charge in [-0.05, 0) is 49.7 Å². The second-order valence-electron chi connectivity index (χ2n) is 8.59. The van der Waals surface area contributed by atoms with E-state index in [0.717, 1.165) is 6.42 Å². The molecule has 2 aromatic carbocycles. The Kier molecular flexibility index (Phi) is 8.29. The van der Waals surface area contributed by atoms with Crippen molar-refractivity contribution in [3.63, 3.8) is 0 Å². The normalized spacial score (nSPS) is 13.9. The van der Waals surface area contributed by atoms with E-state index in [-0.39, 0.29) is 34.0 Å². The Morgan fingerprint density at radius 3 is 2.41 bits per heavy atom. The summed E-state index contributed by atoms with van der Waals surface area (Å²) in [4.78, 5) is 40.8. The van der Waals surface area contributed by atoms with Gasteiger partial charge >= 0.3 is 12.1 Å². The molecule has 0 spiro atoms. The topological polar surface area (TPSA) is 119 Å². The third-order valence-corrected chi connectivity index (χ3v) is 6.02. The van der Waals surface area contributed by atoms with Crippen LogP contribution < -0.4 is 10.2 Å². The van der Waals surface area contributed by atoms with Gasteiger partial charge in [0.2, 0.25) is 11.2 Å². The SMILES string of the molecule is CCCOC(=O)c1ccc(Oc2coc3c(CN4CCN(C(=O)OCC)CC4)c(O)ccc3c2=O)cc1. The smallest absolute Gasteiger partial charge is 0.409 e. The van der Waals surface area contributed by atoms with E-state index in [1.165, 1.54) is 18.4 Å². The van der Waals surface area contributed by atoms with E-state index in [1.807, 2.05) is 6.92 Å². The molecule has 10 nitrogen and oxygen atoms in total. The van der Waals surface area contributed by atoms with E-state index in [2.05, 4.69) is 4.90 Å². The van der Waals surface area contributed by atoms with Crippen molar-refractivity contribution in [3.05, 3.63) is 64.0 Å². The maximum Gasteiger partial charge on any atom is 0.409 e. The molecule has 1 saturated heterocycles. The molecule has 0 unspecified atom stereocenters. The van der Waals surface area contributed by atoms with Gasteiger partial charge in [0.1, 0.15) is 23.3 Å². The molecule has 1 aliphatic heterocycles. The number of hydrogen-bond acceptors (Lipinski definition) is 9. The molecule has 1 N–H and O–H groups in total. The van der Waals surface area contributed by atoms with Crippen LogP contribution in [0.5, 0.6) is 17.2 Å². The molecule has 0 atom stereocenters. The lowest BCUT2D eigenvalue weighted by Crippen LogP contribution is -2.48. The second-order valence-corrected chi connectivity index (χ2v) is 8.59. The molecular formula is C27H30N2O8. The predicted molar refractivity (Wildman–Crippen MR) is 135 cm³/mol. The quantitative estimate of drug-likeness (QED) is 0.446. The standard InChI is InChI=1S/C27H30N2O8/c1-3-15-35-26(32)18-5-7-19(8-6-18)37-23-17-36-25-20(24(23)31)9-10-22(30)21(25)16-28-11-13-29(14-12-28)27(33)34-4-2/h5-10,17,30H,3-4,11-16H2,1-2H3. The largest absolute Gasteiger partial charge is 0.507 e. The van der Waals surface area contributed by atoms with Crippen LogP contribution in [0.25, 0.3) is 11.0 Å². The highest BCUT2D eigenvalue weighted by molar-refractivity contribution is 5.89. The van der Waals surface area contributed by atoms with Crippen LogP contribution in [0, 0.1) is 0 Å². The summed E-state index contributed by atoms with van der Waals surface area (Å²) in [5.41, 5.74) is 0.760. The van der Waals surface area contributed by atoms with Gasteiger partial charge in [-0.25, -0.2) is 9.59 Å². The number of piperazine rings is 1. The summed E-state index contributed by atoms with van der Waals surface area (Å²) in [6, 6.07) is 9.23. The number of phenolic OH excluding ortho intramolecular Hbond substituents is 1. The number of carbonyl (C=O) groups excluding carboxylic acids is 2. The van der Waals surface area contributed by atoms with E-state index in [1.54, 1.807) is 36.1 Å². The first kappa shape index (κ1) is 26.0. The summed E-state index contributed by atoms with van der Waals surface area (Å²) < 4.78 is 21.7. The highest BCUT2D eigenvalue weighted by Crippen LogP contribution is 2.30. The molecule has 196 valence electrons. The minimum atomic E-state index is -0.423. The van der Waals surface area contributed by atoms with Gasteiger partial charge in [-0.3, -0.25) is 9.69 Å². The van der Waals surface area contributed by atoms with E-state index in [9.17, 15) is 19.5 Å². The van der Waals surface area contributed by atoms with Crippen LogP contribution in [0.4, 0.5) is 4.79 Å². The first-order chi connectivity index (χ1) is 17.9. The molecular weight excluding hydrogens is 480 g/mol. The molecule has 4 rings (SSSR count). The van der Waals surface area contributed by atoms with Crippen molar-refractivity contribution in [1.82, 2.24) is 9.80 Å². The predicted octanol–water partition coefficient (Wildman–Crippen LogP) is 4.13. The molecule has 0 aliphatic carbocycles. The third kappa shape index (κ3) is 6.03. The molecule has 1 amide bonds. The van der Waals surface area contributed by atoms with E-state index in [0.29, 0.717) is 62.8 Å². The monoisotopic (exact) mass is 510 g/mol. The van der Waals surface area contributed by atoms with Gasteiger partial charge in [0.25, 0.3) is 0 Å². The van der Waals surface area contributed by atoms with Gasteiger partial charge in [-0.2, -0.15) is 0 Å². The number of benzene rings is 2. The molecule has 1 aliphatic rings. The number of nitrogens with zero attached hydrogens (tertiary/aromatic N) is 2. The van der Waals surface area contributed by atoms with Crippen molar-refractivity contribution in [1.29, 1.82) is 0 Å². The first-order valence-corrected chi connectivity index (χ1v) is 12.3. The first-order valence-electron chi connectivity index (χ1n) is 12.3. The van der Waals surface area contributed by atoms with Crippen molar-refractivity contribution in [3.8, 4) is 17.2 Å². The van der Waals surface area contributed by atoms with Crippen molar-refractivity contribution in [2.75, 3.05) is 39.4 Å². The van der Waals surface area contributed by atoms with Crippen LogP contribution in [-0.2, 0) is 16.0 Å². The second kappa shape index (κ2) is 11.8. The summed E-state index contributed by atoms with van der Waals surface area (Å²) in [6.45, 7) is 6.87. The van der Waals surface area contributed by atoms with Crippen LogP contribution in [0.2, 0.25) is 0 Å². The van der Waals surface area contributed by atoms with E-state index in [4.69, 9.17) is 18.6 Å². The lowest BCUT2D eigenvalue weighted by Gasteiger charge is -2.34. The van der Waals surface area contributed by atoms with Gasteiger partial charge < -0.3 is 28.6 Å². The minimum absolute atomic E-state index is 0.0164. The number of aromatic hydroxyl groups is 1. The summed E-state index contributed by atoms with van der Waals surface area (Å²) in [7, 11) is 0. The van der Waals surface area contributed by atoms with Crippen molar-refractivity contribution < 1.29 is 33.3 Å². The fraction of sp³-hybridized carbons (Fsp3) is 0.370. The zero-order valence-corrected chi connectivity index (χ0v) is 20.9. The number of fused-ring (bicyclic) bond motifs is 1. The third-order valence-electron chi connectivity index (χ3n) is 6.02. The van der Waals surface area contributed by atoms with Gasteiger partial charge in [0.15, 0.2) is 0 Å².